The molecule has 0 saturated carbocycles. The third kappa shape index (κ3) is 6.37. The fourth-order valence-corrected chi connectivity index (χ4v) is 1.40. The van der Waals surface area contributed by atoms with Gasteiger partial charge in [0, 0.05) is 16.6 Å². The first kappa shape index (κ1) is 16.6. The molecule has 1 aromatic rings. The molecule has 0 radical (unpaired) electrons. The van der Waals surface area contributed by atoms with Crippen LogP contribution in [0.3, 0.4) is 0 Å². The van der Waals surface area contributed by atoms with Gasteiger partial charge in [0.2, 0.25) is 0 Å². The minimum absolute atomic E-state index is 0. The Labute approximate surface area is 124 Å². The van der Waals surface area contributed by atoms with Gasteiger partial charge in [-0.05, 0) is 17.7 Å². The van der Waals surface area contributed by atoms with E-state index in [0.29, 0.717) is 15.6 Å². The molecule has 0 heterocycles. The third-order valence-corrected chi connectivity index (χ3v) is 2.17. The number of ether oxygens (including phenoxy) is 1. The SMILES string of the molecule is F[B-](F)(F)COCc1ccc(Cl)cc1Cl.[Na+]. The van der Waals surface area contributed by atoms with Crippen LogP contribution in [-0.4, -0.2) is 13.5 Å². The molecule has 1 nitrogen and oxygen atoms in total. The Kier molecular flexibility index (Phi) is 7.41. The van der Waals surface area contributed by atoms with Gasteiger partial charge < -0.3 is 17.7 Å². The van der Waals surface area contributed by atoms with Gasteiger partial charge in [0.1, 0.15) is 0 Å². The van der Waals surface area contributed by atoms with Crippen molar-refractivity contribution in [3.63, 3.8) is 0 Å². The summed E-state index contributed by atoms with van der Waals surface area (Å²) in [6.07, 6.45) is 0. The van der Waals surface area contributed by atoms with Gasteiger partial charge in [0.05, 0.1) is 6.61 Å². The minimum Gasteiger partial charge on any atom is -0.447 e. The van der Waals surface area contributed by atoms with Crippen LogP contribution in [0.1, 0.15) is 5.56 Å². The molecule has 0 aliphatic heterocycles. The van der Waals surface area contributed by atoms with E-state index in [1.807, 2.05) is 0 Å². The average molecular weight is 281 g/mol. The van der Waals surface area contributed by atoms with Gasteiger partial charge in [0.25, 0.3) is 0 Å². The van der Waals surface area contributed by atoms with Crippen LogP contribution in [0, 0.1) is 0 Å². The van der Waals surface area contributed by atoms with E-state index in [1.165, 1.54) is 12.1 Å². The third-order valence-electron chi connectivity index (χ3n) is 1.58. The van der Waals surface area contributed by atoms with Gasteiger partial charge in [-0.2, -0.15) is 0 Å². The van der Waals surface area contributed by atoms with Crippen molar-refractivity contribution in [3.05, 3.63) is 33.8 Å². The summed E-state index contributed by atoms with van der Waals surface area (Å²) in [6, 6.07) is 4.54. The van der Waals surface area contributed by atoms with E-state index in [4.69, 9.17) is 23.2 Å². The Balaban J connectivity index is 0.00000225. The molecule has 0 saturated heterocycles. The van der Waals surface area contributed by atoms with E-state index in [1.54, 1.807) is 6.07 Å². The summed E-state index contributed by atoms with van der Waals surface area (Å²) in [4.78, 5) is 0. The maximum atomic E-state index is 11.8. The Morgan fingerprint density at radius 2 is 1.81 bits per heavy atom. The van der Waals surface area contributed by atoms with E-state index in [0.717, 1.165) is 0 Å². The van der Waals surface area contributed by atoms with E-state index in [2.05, 4.69) is 4.74 Å². The maximum Gasteiger partial charge on any atom is 1.00 e. The molecule has 0 N–H and O–H groups in total. The van der Waals surface area contributed by atoms with Crippen LogP contribution in [0.15, 0.2) is 18.2 Å². The smallest absolute Gasteiger partial charge is 0.447 e. The van der Waals surface area contributed by atoms with Crippen molar-refractivity contribution in [2.24, 2.45) is 0 Å². The average Bonchev–Trinajstić information content (AvgIpc) is 2.07. The first-order valence-corrected chi connectivity index (χ1v) is 4.87. The maximum absolute atomic E-state index is 11.8. The standard InChI is InChI=1S/C8H7BCl2F3O.Na/c10-7-2-1-6(8(11)3-7)4-15-5-9(12,13)14;/h1-3H,4-5H2;/q-1;+1. The van der Waals surface area contributed by atoms with Crippen molar-refractivity contribution in [2.45, 2.75) is 6.61 Å². The largest absolute Gasteiger partial charge is 1.00 e. The van der Waals surface area contributed by atoms with Crippen LogP contribution in [0.4, 0.5) is 12.9 Å². The number of rotatable bonds is 4. The zero-order valence-corrected chi connectivity index (χ0v) is 12.0. The molecule has 16 heavy (non-hydrogen) atoms. The molecule has 0 spiro atoms. The molecule has 0 fully saturated rings. The van der Waals surface area contributed by atoms with Crippen LogP contribution < -0.4 is 29.6 Å². The van der Waals surface area contributed by atoms with E-state index < -0.39 is 13.5 Å². The monoisotopic (exact) mass is 280 g/mol. The number of hydrogen-bond acceptors (Lipinski definition) is 1. The van der Waals surface area contributed by atoms with Gasteiger partial charge in [-0.3, -0.25) is 0 Å². The van der Waals surface area contributed by atoms with Gasteiger partial charge >= 0.3 is 36.5 Å². The van der Waals surface area contributed by atoms with Gasteiger partial charge in [-0.1, -0.05) is 29.3 Å². The first-order chi connectivity index (χ1) is 6.88. The fourth-order valence-electron chi connectivity index (χ4n) is 0.941. The molecular weight excluding hydrogens is 274 g/mol. The van der Waals surface area contributed by atoms with E-state index >= 15 is 0 Å². The zero-order valence-electron chi connectivity index (χ0n) is 8.52. The minimum atomic E-state index is -4.91. The van der Waals surface area contributed by atoms with Crippen LogP contribution in [0.5, 0.6) is 0 Å². The molecular formula is C8H7BCl2F3NaO. The molecule has 84 valence electrons. The summed E-state index contributed by atoms with van der Waals surface area (Å²) in [7, 11) is 0. The molecule has 0 aliphatic carbocycles. The second-order valence-electron chi connectivity index (χ2n) is 2.96. The Bertz CT molecular complexity index is 349. The second-order valence-corrected chi connectivity index (χ2v) is 3.80. The van der Waals surface area contributed by atoms with Crippen LogP contribution >= 0.6 is 23.2 Å². The summed E-state index contributed by atoms with van der Waals surface area (Å²) in [6.45, 7) is -6.30. The fraction of sp³-hybridized carbons (Fsp3) is 0.250. The van der Waals surface area contributed by atoms with Crippen molar-refractivity contribution >= 4 is 30.2 Å². The second kappa shape index (κ2) is 7.14. The van der Waals surface area contributed by atoms with Crippen molar-refractivity contribution in [1.29, 1.82) is 0 Å². The van der Waals surface area contributed by atoms with Crippen LogP contribution in [-0.2, 0) is 11.3 Å². The molecule has 0 unspecified atom stereocenters. The predicted molar refractivity (Wildman–Crippen MR) is 55.2 cm³/mol. The molecule has 1 rings (SSSR count). The molecule has 0 aromatic heterocycles. The molecule has 0 aliphatic rings. The topological polar surface area (TPSA) is 9.23 Å². The van der Waals surface area contributed by atoms with E-state index in [9.17, 15) is 12.9 Å². The normalized spacial score (nSPS) is 11.1. The van der Waals surface area contributed by atoms with Gasteiger partial charge in [-0.25, -0.2) is 0 Å². The van der Waals surface area contributed by atoms with Crippen molar-refractivity contribution < 1.29 is 47.2 Å². The summed E-state index contributed by atoms with van der Waals surface area (Å²) in [5.41, 5.74) is 0.487. The van der Waals surface area contributed by atoms with Crippen molar-refractivity contribution in [2.75, 3.05) is 6.51 Å². The number of benzene rings is 1. The Morgan fingerprint density at radius 1 is 1.19 bits per heavy atom. The first-order valence-electron chi connectivity index (χ1n) is 4.11. The Morgan fingerprint density at radius 3 is 2.31 bits per heavy atom. The molecule has 8 heteroatoms. The molecule has 1 aromatic carbocycles. The molecule has 0 bridgehead atoms. The summed E-state index contributed by atoms with van der Waals surface area (Å²) >= 11 is 11.4. The zero-order chi connectivity index (χ0) is 11.5. The van der Waals surface area contributed by atoms with Gasteiger partial charge in [-0.15, -0.1) is 0 Å². The Hall–Kier alpha value is 0.615. The van der Waals surface area contributed by atoms with Crippen molar-refractivity contribution in [1.82, 2.24) is 0 Å². The summed E-state index contributed by atoms with van der Waals surface area (Å²) in [5.74, 6) is 0. The molecule has 0 atom stereocenters. The van der Waals surface area contributed by atoms with Crippen LogP contribution in [0.25, 0.3) is 0 Å². The number of halogens is 5. The van der Waals surface area contributed by atoms with Crippen LogP contribution in [0.2, 0.25) is 10.0 Å². The quantitative estimate of drug-likeness (QED) is 0.745. The van der Waals surface area contributed by atoms with Crippen molar-refractivity contribution in [3.8, 4) is 0 Å². The summed E-state index contributed by atoms with van der Waals surface area (Å²) in [5, 5.41) is 0.737. The predicted octanol–water partition coefficient (Wildman–Crippen LogP) is 0.901. The van der Waals surface area contributed by atoms with Gasteiger partial charge in [0.15, 0.2) is 0 Å². The number of hydrogen-bond donors (Lipinski definition) is 0. The summed E-state index contributed by atoms with van der Waals surface area (Å²) < 4.78 is 39.9. The van der Waals surface area contributed by atoms with E-state index in [-0.39, 0.29) is 36.2 Å². The molecule has 0 amide bonds.